The number of benzene rings is 11. The summed E-state index contributed by atoms with van der Waals surface area (Å²) in [5.41, 5.74) is 29.3. The number of nitrogens with zero attached hydrogens (tertiary/aromatic N) is 6. The van der Waals surface area contributed by atoms with Crippen molar-refractivity contribution >= 4 is 38.9 Å². The van der Waals surface area contributed by atoms with Gasteiger partial charge in [0.15, 0.2) is 11.6 Å². The van der Waals surface area contributed by atoms with Crippen LogP contribution < -0.4 is 0 Å². The third kappa shape index (κ3) is 34.8. The molecule has 6 aromatic heterocycles. The van der Waals surface area contributed by atoms with Gasteiger partial charge < -0.3 is 30.1 Å². The molecule has 14 heteroatoms. The minimum absolute atomic E-state index is 0. The Kier molecular flexibility index (Phi) is 45.1. The summed E-state index contributed by atoms with van der Waals surface area (Å²) in [7, 11) is 0. The number of ketones is 2. The summed E-state index contributed by atoms with van der Waals surface area (Å²) in [4.78, 5) is 49.8. The number of aryl methyl sites for hydroxylation is 7. The van der Waals surface area contributed by atoms with Gasteiger partial charge >= 0.3 is 0 Å². The minimum Gasteiger partial charge on any atom is -0.512 e. The molecule has 0 aliphatic rings. The van der Waals surface area contributed by atoms with E-state index in [1.54, 1.807) is 18.3 Å². The van der Waals surface area contributed by atoms with E-state index in [1.807, 2.05) is 254 Å². The monoisotopic (exact) mass is 2460 g/mol. The Morgan fingerprint density at radius 3 is 1.21 bits per heavy atom. The van der Waals surface area contributed by atoms with Gasteiger partial charge in [-0.2, -0.15) is 0 Å². The number of allylic oxidation sites excluding steroid dienone is 4. The van der Waals surface area contributed by atoms with Gasteiger partial charge in [-0.05, 0) is 144 Å². The van der Waals surface area contributed by atoms with Crippen LogP contribution in [-0.4, -0.2) is 51.7 Å². The molecule has 0 fully saturated rings. The van der Waals surface area contributed by atoms with Crippen LogP contribution in [0.1, 0.15) is 119 Å². The first kappa shape index (κ1) is 110. The molecular formula is C119H114Ir4N6O4-6. The molecule has 17 rings (SSSR count). The Hall–Kier alpha value is -12.1. The van der Waals surface area contributed by atoms with Crippen LogP contribution in [0, 0.1) is 102 Å². The average molecular weight is 2460 g/mol. The summed E-state index contributed by atoms with van der Waals surface area (Å²) >= 11 is 0. The van der Waals surface area contributed by atoms with Crippen molar-refractivity contribution in [1.82, 2.24) is 29.9 Å². The van der Waals surface area contributed by atoms with Crippen LogP contribution in [0.15, 0.2) is 364 Å². The maximum atomic E-state index is 11.5. The van der Waals surface area contributed by atoms with E-state index in [0.29, 0.717) is 11.5 Å². The number of hydrogen-bond donors (Lipinski definition) is 2. The molecule has 6 heterocycles. The van der Waals surface area contributed by atoms with Crippen LogP contribution in [0.5, 0.6) is 0 Å². The molecule has 4 radical (unpaired) electrons. The van der Waals surface area contributed by atoms with Gasteiger partial charge in [0.25, 0.3) is 0 Å². The largest absolute Gasteiger partial charge is 0.512 e. The molecule has 17 aromatic rings. The molecule has 0 aliphatic carbocycles. The summed E-state index contributed by atoms with van der Waals surface area (Å²) < 4.78 is 0. The molecule has 10 nitrogen and oxygen atoms in total. The van der Waals surface area contributed by atoms with Crippen molar-refractivity contribution in [1.29, 1.82) is 0 Å². The molecule has 133 heavy (non-hydrogen) atoms. The maximum absolute atomic E-state index is 11.5. The number of fused-ring (bicyclic) bond motifs is 2. The minimum atomic E-state index is -0.417. The number of Topliss-reactive ketones (excluding diaryl/α,β-unsaturated/α-hetero) is 1. The smallest absolute Gasteiger partial charge is 0.164 e. The molecule has 0 spiro atoms. The normalized spacial score (nSPS) is 10.7. The number of carbonyl (C=O) groups is 2. The number of para-hydroxylation sites is 1. The van der Waals surface area contributed by atoms with Crippen molar-refractivity contribution in [2.45, 2.75) is 124 Å². The molecule has 0 atom stereocenters. The summed E-state index contributed by atoms with van der Waals surface area (Å²) in [6.07, 6.45) is 9.93. The number of aliphatic hydroxyl groups is 2. The Bertz CT molecular complexity index is 6330. The van der Waals surface area contributed by atoms with E-state index < -0.39 is 5.41 Å². The van der Waals surface area contributed by atoms with Gasteiger partial charge in [0.1, 0.15) is 11.5 Å². The molecular weight excluding hydrogens is 2350 g/mol. The summed E-state index contributed by atoms with van der Waals surface area (Å²) in [5, 5.41) is 21.3. The van der Waals surface area contributed by atoms with Crippen LogP contribution >= 0.6 is 0 Å². The van der Waals surface area contributed by atoms with E-state index in [-0.39, 0.29) is 109 Å². The summed E-state index contributed by atoms with van der Waals surface area (Å²) in [5.74, 6) is 0.704. The molecule has 0 bridgehead atoms. The third-order valence-corrected chi connectivity index (χ3v) is 20.4. The van der Waals surface area contributed by atoms with Gasteiger partial charge in [-0.25, -0.2) is 0 Å². The number of aromatic nitrogens is 6. The zero-order valence-electron chi connectivity index (χ0n) is 78.5. The fourth-order valence-corrected chi connectivity index (χ4v) is 13.8. The first-order chi connectivity index (χ1) is 61.9. The molecule has 0 saturated heterocycles. The fourth-order valence-electron chi connectivity index (χ4n) is 13.8. The van der Waals surface area contributed by atoms with Crippen molar-refractivity contribution in [3.8, 4) is 89.8 Å². The molecule has 0 amide bonds. The predicted molar refractivity (Wildman–Crippen MR) is 536 cm³/mol. The van der Waals surface area contributed by atoms with Crippen molar-refractivity contribution in [3.63, 3.8) is 0 Å². The number of carbonyl (C=O) groups excluding carboxylic acids is 2. The van der Waals surface area contributed by atoms with E-state index in [0.717, 1.165) is 102 Å². The van der Waals surface area contributed by atoms with Gasteiger partial charge in [0.2, 0.25) is 0 Å². The maximum Gasteiger partial charge on any atom is 0.164 e. The Balaban J connectivity index is 0.000000235. The van der Waals surface area contributed by atoms with Crippen molar-refractivity contribution < 1.29 is 100 Å². The van der Waals surface area contributed by atoms with Crippen LogP contribution in [0.2, 0.25) is 0 Å². The van der Waals surface area contributed by atoms with Crippen LogP contribution in [0.4, 0.5) is 0 Å². The fraction of sp³-hybridized carbons (Fsp3) is 0.176. The van der Waals surface area contributed by atoms with Crippen LogP contribution in [0.25, 0.3) is 117 Å². The summed E-state index contributed by atoms with van der Waals surface area (Å²) in [6.45, 7) is 33.3. The molecule has 11 aromatic carbocycles. The average Bonchev–Trinajstić information content (AvgIpc) is 0.785. The molecule has 0 unspecified atom stereocenters. The zero-order valence-corrected chi connectivity index (χ0v) is 88.1. The second-order valence-corrected chi connectivity index (χ2v) is 34.0. The SMILES string of the molecule is CC(=O)C(=C(C)O)c1ccccc1.CC(C)(C)C(=O)C=C(O)C(C)(C)C.Cc1[c-]c(-c2ccc3c(CC(C)C)cccc3n2)cc(C)c1.Cc1[c-]c(-c2ccc3ccccc3n2)cc(C)c1.Cc1cc(-c2[c-]cccc2)ncc1-c1ccccc1.Cc1cc(-c2[c-]cccc2)ncc1-c1ccccc1.Cc1ccnc(-c2[c-]cccc2)c1.[Ir].[Ir].[Ir].[Ir].[c-]1ccccc1-c1ccccn1. The Morgan fingerprint density at radius 1 is 0.376 bits per heavy atom. The first-order valence-corrected chi connectivity index (χ1v) is 43.4. The summed E-state index contributed by atoms with van der Waals surface area (Å²) in [6, 6.07) is 127. The number of pyridine rings is 6. The van der Waals surface area contributed by atoms with Gasteiger partial charge in [-0.1, -0.05) is 265 Å². The van der Waals surface area contributed by atoms with Crippen LogP contribution in [-0.2, 0) is 96.4 Å². The topological polar surface area (TPSA) is 152 Å². The van der Waals surface area contributed by atoms with Gasteiger partial charge in [0.05, 0.1) is 16.6 Å². The second-order valence-electron chi connectivity index (χ2n) is 34.0. The quantitative estimate of drug-likeness (QED) is 0.0648. The van der Waals surface area contributed by atoms with Gasteiger partial charge in [0, 0.05) is 139 Å². The second kappa shape index (κ2) is 54.8. The molecule has 0 saturated carbocycles. The Morgan fingerprint density at radius 2 is 0.797 bits per heavy atom. The molecule has 0 aliphatic heterocycles. The van der Waals surface area contributed by atoms with E-state index >= 15 is 0 Å². The zero-order chi connectivity index (χ0) is 92.4. The number of hydrogen-bond acceptors (Lipinski definition) is 10. The number of rotatable bonds is 13. The van der Waals surface area contributed by atoms with E-state index in [4.69, 9.17) is 9.97 Å². The van der Waals surface area contributed by atoms with Gasteiger partial charge in [-0.15, -0.1) is 213 Å². The predicted octanol–water partition coefficient (Wildman–Crippen LogP) is 29.9. The molecule has 686 valence electrons. The molecule has 2 N–H and O–H groups in total. The third-order valence-electron chi connectivity index (χ3n) is 20.4. The first-order valence-electron chi connectivity index (χ1n) is 43.4. The van der Waals surface area contributed by atoms with Crippen molar-refractivity contribution in [3.05, 3.63) is 450 Å². The van der Waals surface area contributed by atoms with E-state index in [2.05, 4.69) is 234 Å². The van der Waals surface area contributed by atoms with E-state index in [1.165, 1.54) is 86.3 Å². The van der Waals surface area contributed by atoms with Crippen LogP contribution in [0.3, 0.4) is 0 Å². The van der Waals surface area contributed by atoms with Crippen molar-refractivity contribution in [2.75, 3.05) is 0 Å². The standard InChI is InChI=1S/C21H22N.2C18H14N.C17H14N.C12H10N.C11H8N.C11H12O2.C11H20O2.4Ir/c1-14(2)10-17-6-5-7-21-19(17)8-9-20(22-21)18-12-15(3)11-16(4)13-18;2*1-14-12-18(16-10-6-3-7-11-16)19-13-17(14)15-8-4-2-5-9-15;1-12-9-13(2)11-15(10-12)17-8-7-14-5-3-4-6-16(14)18-17;1-10-7-8-13-12(9-10)11-5-3-2-4-6-11;1-2-6-10(7-3-1)11-8-4-5-9-12-11;1-8(12)11(9(2)13)10-6-4-3-5-7-10;1-10(2,3)8(12)7-9(13)11(4,5)6;;;;/h5-9,11-12,14H,10H2,1-4H3;2*2-10,12-13H,1H3;3-10H,1-2H3;2-5,7-9H,1H3;1-6,8-9H;3-7,12H,1-2H3;7,12H,1-6H3;;;;/q6*-1;;;;;;. The van der Waals surface area contributed by atoms with E-state index in [9.17, 15) is 19.8 Å². The van der Waals surface area contributed by atoms with Gasteiger partial charge in [-0.3, -0.25) is 19.6 Å². The Labute approximate surface area is 842 Å². The number of aliphatic hydroxyl groups excluding tert-OH is 2. The van der Waals surface area contributed by atoms with Crippen molar-refractivity contribution in [2.24, 2.45) is 16.7 Å².